The Balaban J connectivity index is 1.85. The van der Waals surface area contributed by atoms with Gasteiger partial charge in [-0.2, -0.15) is 5.10 Å². The maximum atomic E-state index is 9.52. The van der Waals surface area contributed by atoms with E-state index in [0.717, 1.165) is 22.2 Å². The highest BCUT2D eigenvalue weighted by Gasteiger charge is 2.08. The zero-order valence-electron chi connectivity index (χ0n) is 11.0. The molecular formula is C15H15N3O2. The molecule has 0 radical (unpaired) electrons. The van der Waals surface area contributed by atoms with E-state index in [1.54, 1.807) is 18.3 Å². The molecule has 102 valence electrons. The molecule has 3 rings (SSSR count). The molecule has 3 aromatic rings. The number of phenols is 2. The monoisotopic (exact) mass is 269 g/mol. The van der Waals surface area contributed by atoms with E-state index in [1.165, 1.54) is 6.07 Å². The van der Waals surface area contributed by atoms with E-state index in [2.05, 4.69) is 15.5 Å². The van der Waals surface area contributed by atoms with Crippen LogP contribution in [0.2, 0.25) is 0 Å². The van der Waals surface area contributed by atoms with Gasteiger partial charge in [0.2, 0.25) is 0 Å². The molecule has 20 heavy (non-hydrogen) atoms. The van der Waals surface area contributed by atoms with Gasteiger partial charge in [-0.3, -0.25) is 5.10 Å². The lowest BCUT2D eigenvalue weighted by molar-refractivity contribution is 0.448. The topological polar surface area (TPSA) is 81.2 Å². The maximum absolute atomic E-state index is 9.52. The van der Waals surface area contributed by atoms with E-state index in [0.29, 0.717) is 0 Å². The van der Waals surface area contributed by atoms with Crippen molar-refractivity contribution in [2.24, 2.45) is 0 Å². The number of hydrogen-bond acceptors (Lipinski definition) is 4. The quantitative estimate of drug-likeness (QED) is 0.589. The predicted molar refractivity (Wildman–Crippen MR) is 77.9 cm³/mol. The van der Waals surface area contributed by atoms with Gasteiger partial charge in [0.25, 0.3) is 0 Å². The summed E-state index contributed by atoms with van der Waals surface area (Å²) in [5.74, 6) is 0.109. The summed E-state index contributed by atoms with van der Waals surface area (Å²) in [7, 11) is 0. The summed E-state index contributed by atoms with van der Waals surface area (Å²) in [5, 5.41) is 30.3. The summed E-state index contributed by atoms with van der Waals surface area (Å²) in [4.78, 5) is 0. The Hall–Kier alpha value is -2.69. The first kappa shape index (κ1) is 12.3. The van der Waals surface area contributed by atoms with Crippen molar-refractivity contribution < 1.29 is 10.2 Å². The van der Waals surface area contributed by atoms with E-state index >= 15 is 0 Å². The summed E-state index contributed by atoms with van der Waals surface area (Å²) in [6, 6.07) is 10.4. The molecule has 0 saturated carbocycles. The van der Waals surface area contributed by atoms with Crippen molar-refractivity contribution in [1.82, 2.24) is 10.2 Å². The molecule has 0 fully saturated rings. The Bertz CT molecular complexity index is 731. The largest absolute Gasteiger partial charge is 0.508 e. The fourth-order valence-corrected chi connectivity index (χ4v) is 2.23. The van der Waals surface area contributed by atoms with E-state index in [1.807, 2.05) is 25.1 Å². The molecule has 0 aliphatic heterocycles. The lowest BCUT2D eigenvalue weighted by atomic mass is 10.1. The van der Waals surface area contributed by atoms with Crippen molar-refractivity contribution in [1.29, 1.82) is 0 Å². The SMILES string of the molecule is CC(Nc1ccc2[nH]ncc2c1)c1cc(O)cc(O)c1. The molecule has 0 aliphatic carbocycles. The van der Waals surface area contributed by atoms with Crippen molar-refractivity contribution in [3.8, 4) is 11.5 Å². The normalized spacial score (nSPS) is 12.4. The Labute approximate surface area is 115 Å². The van der Waals surface area contributed by atoms with Crippen LogP contribution in [0.1, 0.15) is 18.5 Å². The van der Waals surface area contributed by atoms with Crippen LogP contribution in [0.15, 0.2) is 42.6 Å². The van der Waals surface area contributed by atoms with Crippen molar-refractivity contribution in [2.45, 2.75) is 13.0 Å². The van der Waals surface area contributed by atoms with Gasteiger partial charge in [-0.15, -0.1) is 0 Å². The lowest BCUT2D eigenvalue weighted by Crippen LogP contribution is -2.06. The molecule has 0 spiro atoms. The Morgan fingerprint density at radius 1 is 1.10 bits per heavy atom. The van der Waals surface area contributed by atoms with Gasteiger partial charge in [-0.25, -0.2) is 0 Å². The highest BCUT2D eigenvalue weighted by molar-refractivity contribution is 5.81. The van der Waals surface area contributed by atoms with Gasteiger partial charge < -0.3 is 15.5 Å². The number of aromatic nitrogens is 2. The maximum Gasteiger partial charge on any atom is 0.119 e. The average Bonchev–Trinajstić information content (AvgIpc) is 2.85. The van der Waals surface area contributed by atoms with Crippen LogP contribution in [-0.4, -0.2) is 20.4 Å². The minimum atomic E-state index is -0.0441. The standard InChI is InChI=1S/C15H15N3O2/c1-9(10-5-13(19)7-14(20)6-10)17-12-2-3-15-11(4-12)8-16-18-15/h2-9,17,19-20H,1H3,(H,16,18). The van der Waals surface area contributed by atoms with Crippen LogP contribution in [0.5, 0.6) is 11.5 Å². The number of aromatic amines is 1. The second-order valence-corrected chi connectivity index (χ2v) is 4.82. The molecule has 1 heterocycles. The molecule has 5 heteroatoms. The smallest absolute Gasteiger partial charge is 0.119 e. The molecule has 1 aromatic heterocycles. The molecule has 2 aromatic carbocycles. The number of nitrogens with zero attached hydrogens (tertiary/aromatic N) is 1. The minimum absolute atomic E-state index is 0.0441. The third-order valence-electron chi connectivity index (χ3n) is 3.25. The molecule has 1 atom stereocenters. The van der Waals surface area contributed by atoms with E-state index < -0.39 is 0 Å². The van der Waals surface area contributed by atoms with Crippen LogP contribution >= 0.6 is 0 Å². The second-order valence-electron chi connectivity index (χ2n) is 4.82. The molecule has 0 bridgehead atoms. The molecular weight excluding hydrogens is 254 g/mol. The fraction of sp³-hybridized carbons (Fsp3) is 0.133. The first-order chi connectivity index (χ1) is 9.61. The second kappa shape index (κ2) is 4.77. The van der Waals surface area contributed by atoms with Crippen LogP contribution in [0.3, 0.4) is 0 Å². The average molecular weight is 269 g/mol. The number of nitrogens with one attached hydrogen (secondary N) is 2. The summed E-state index contributed by atoms with van der Waals surface area (Å²) in [6.45, 7) is 1.97. The number of anilines is 1. The van der Waals surface area contributed by atoms with Crippen LogP contribution in [0.25, 0.3) is 10.9 Å². The van der Waals surface area contributed by atoms with Gasteiger partial charge in [0.1, 0.15) is 11.5 Å². The van der Waals surface area contributed by atoms with Gasteiger partial charge in [-0.1, -0.05) is 0 Å². The molecule has 0 amide bonds. The molecule has 5 nitrogen and oxygen atoms in total. The summed E-state index contributed by atoms with van der Waals surface area (Å²) < 4.78 is 0. The van der Waals surface area contributed by atoms with Gasteiger partial charge >= 0.3 is 0 Å². The Morgan fingerprint density at radius 2 is 1.85 bits per heavy atom. The number of H-pyrrole nitrogens is 1. The number of benzene rings is 2. The zero-order valence-corrected chi connectivity index (χ0v) is 11.0. The molecule has 1 unspecified atom stereocenters. The van der Waals surface area contributed by atoms with Crippen LogP contribution in [0, 0.1) is 0 Å². The Morgan fingerprint density at radius 3 is 2.60 bits per heavy atom. The molecule has 0 aliphatic rings. The van der Waals surface area contributed by atoms with Crippen LogP contribution in [0.4, 0.5) is 5.69 Å². The summed E-state index contributed by atoms with van der Waals surface area (Å²) >= 11 is 0. The highest BCUT2D eigenvalue weighted by atomic mass is 16.3. The van der Waals surface area contributed by atoms with E-state index in [-0.39, 0.29) is 17.5 Å². The van der Waals surface area contributed by atoms with Gasteiger partial charge in [0, 0.05) is 23.2 Å². The van der Waals surface area contributed by atoms with E-state index in [9.17, 15) is 10.2 Å². The molecule has 0 saturated heterocycles. The zero-order chi connectivity index (χ0) is 14.1. The lowest BCUT2D eigenvalue weighted by Gasteiger charge is -2.16. The van der Waals surface area contributed by atoms with E-state index in [4.69, 9.17) is 0 Å². The van der Waals surface area contributed by atoms with Crippen LogP contribution in [-0.2, 0) is 0 Å². The first-order valence-corrected chi connectivity index (χ1v) is 6.34. The highest BCUT2D eigenvalue weighted by Crippen LogP contribution is 2.27. The first-order valence-electron chi connectivity index (χ1n) is 6.34. The van der Waals surface area contributed by atoms with Gasteiger partial charge in [0.05, 0.1) is 11.7 Å². The summed E-state index contributed by atoms with van der Waals surface area (Å²) in [5.41, 5.74) is 2.75. The number of hydrogen-bond donors (Lipinski definition) is 4. The number of rotatable bonds is 3. The van der Waals surface area contributed by atoms with Gasteiger partial charge in [-0.05, 0) is 42.8 Å². The van der Waals surface area contributed by atoms with Crippen molar-refractivity contribution >= 4 is 16.6 Å². The van der Waals surface area contributed by atoms with Crippen molar-refractivity contribution in [2.75, 3.05) is 5.32 Å². The number of phenolic OH excluding ortho intramolecular Hbond substituents is 2. The van der Waals surface area contributed by atoms with Crippen LogP contribution < -0.4 is 5.32 Å². The number of fused-ring (bicyclic) bond motifs is 1. The third kappa shape index (κ3) is 2.38. The third-order valence-corrected chi connectivity index (χ3v) is 3.25. The van der Waals surface area contributed by atoms with Crippen molar-refractivity contribution in [3.05, 3.63) is 48.2 Å². The number of aromatic hydroxyl groups is 2. The van der Waals surface area contributed by atoms with Gasteiger partial charge in [0.15, 0.2) is 0 Å². The fourth-order valence-electron chi connectivity index (χ4n) is 2.23. The minimum Gasteiger partial charge on any atom is -0.508 e. The predicted octanol–water partition coefficient (Wildman–Crippen LogP) is 3.15. The Kier molecular flexibility index (Phi) is 2.95. The summed E-state index contributed by atoms with van der Waals surface area (Å²) in [6.07, 6.45) is 1.77. The molecule has 4 N–H and O–H groups in total. The van der Waals surface area contributed by atoms with Crippen molar-refractivity contribution in [3.63, 3.8) is 0 Å².